The first-order valence-electron chi connectivity index (χ1n) is 12.7. The lowest BCUT2D eigenvalue weighted by Crippen LogP contribution is -2.52. The van der Waals surface area contributed by atoms with Gasteiger partial charge in [0.05, 0.1) is 61.7 Å². The summed E-state index contributed by atoms with van der Waals surface area (Å²) in [5.74, 6) is -2.73. The van der Waals surface area contributed by atoms with Crippen LogP contribution in [0.1, 0.15) is 35.6 Å². The van der Waals surface area contributed by atoms with Crippen molar-refractivity contribution in [2.75, 3.05) is 55.7 Å². The van der Waals surface area contributed by atoms with Gasteiger partial charge in [0, 0.05) is 30.4 Å². The van der Waals surface area contributed by atoms with Crippen LogP contribution in [0.2, 0.25) is 0 Å². The molecule has 1 aliphatic rings. The molecule has 1 aliphatic heterocycles. The molecule has 0 amide bonds. The second-order valence-corrected chi connectivity index (χ2v) is 9.82. The third-order valence-electron chi connectivity index (χ3n) is 7.60. The molecular weight excluding hydrogens is 596 g/mol. The van der Waals surface area contributed by atoms with Crippen LogP contribution < -0.4 is 28.8 Å². The van der Waals surface area contributed by atoms with Gasteiger partial charge in [0.1, 0.15) is 6.04 Å². The van der Waals surface area contributed by atoms with Gasteiger partial charge in [-0.1, -0.05) is 0 Å². The predicted molar refractivity (Wildman–Crippen MR) is 156 cm³/mol. The Labute approximate surface area is 257 Å². The zero-order valence-corrected chi connectivity index (χ0v) is 26.1. The minimum atomic E-state index is -1.92. The van der Waals surface area contributed by atoms with E-state index in [-0.39, 0.29) is 43.7 Å². The van der Waals surface area contributed by atoms with Crippen LogP contribution in [-0.4, -0.2) is 77.2 Å². The summed E-state index contributed by atoms with van der Waals surface area (Å²) in [6.07, 6.45) is 1.21. The zero-order chi connectivity index (χ0) is 29.6. The van der Waals surface area contributed by atoms with Gasteiger partial charge >= 0.3 is 5.97 Å². The lowest BCUT2D eigenvalue weighted by molar-refractivity contribution is -0.941. The molecule has 234 valence electrons. The Morgan fingerprint density at radius 3 is 1.95 bits per heavy atom. The number of fused-ring (bicyclic) bond motifs is 1. The number of rotatable bonds is 13. The van der Waals surface area contributed by atoms with Gasteiger partial charge in [-0.15, -0.1) is 24.8 Å². The summed E-state index contributed by atoms with van der Waals surface area (Å²) in [6.45, 7) is 1.15. The Kier molecular flexibility index (Phi) is 13.7. The maximum atomic E-state index is 14.0. The van der Waals surface area contributed by atoms with Gasteiger partial charge in [0.25, 0.3) is 0 Å². The van der Waals surface area contributed by atoms with Crippen molar-refractivity contribution in [2.24, 2.45) is 0 Å². The molecular formula is C29H38Cl2FNO9. The van der Waals surface area contributed by atoms with Crippen molar-refractivity contribution in [1.29, 1.82) is 0 Å². The predicted octanol–water partition coefficient (Wildman–Crippen LogP) is 3.70. The number of carboxylic acids is 2. The van der Waals surface area contributed by atoms with Crippen molar-refractivity contribution in [3.8, 4) is 28.7 Å². The summed E-state index contributed by atoms with van der Waals surface area (Å²) in [5, 5.41) is 20.4. The van der Waals surface area contributed by atoms with Crippen LogP contribution in [0.5, 0.6) is 28.7 Å². The molecule has 0 unspecified atom stereocenters. The highest BCUT2D eigenvalue weighted by Gasteiger charge is 2.40. The van der Waals surface area contributed by atoms with Gasteiger partial charge in [0.15, 0.2) is 23.0 Å². The van der Waals surface area contributed by atoms with Gasteiger partial charge in [-0.05, 0) is 41.8 Å². The number of quaternary nitrogens is 1. The summed E-state index contributed by atoms with van der Waals surface area (Å²) in [6, 6.07) is 7.58. The minimum Gasteiger partial charge on any atom is -0.545 e. The van der Waals surface area contributed by atoms with Gasteiger partial charge in [-0.2, -0.15) is 4.39 Å². The monoisotopic (exact) mass is 633 g/mol. The number of aliphatic carboxylic acids is 2. The van der Waals surface area contributed by atoms with Gasteiger partial charge < -0.3 is 43.2 Å². The van der Waals surface area contributed by atoms with E-state index in [2.05, 4.69) is 7.05 Å². The highest BCUT2D eigenvalue weighted by Crippen LogP contribution is 2.45. The normalized spacial score (nSPS) is 17.8. The maximum absolute atomic E-state index is 14.0. The molecule has 2 atom stereocenters. The molecule has 42 heavy (non-hydrogen) atoms. The number of likely N-dealkylation sites (N-methyl/N-ethyl adjacent to an activating group) is 1. The molecule has 3 rings (SSSR count). The Morgan fingerprint density at radius 2 is 1.48 bits per heavy atom. The van der Waals surface area contributed by atoms with Crippen LogP contribution >= 0.6 is 24.8 Å². The maximum Gasteiger partial charge on any atom is 0.365 e. The van der Waals surface area contributed by atoms with Gasteiger partial charge in [0.2, 0.25) is 11.6 Å². The van der Waals surface area contributed by atoms with Crippen LogP contribution in [-0.2, 0) is 22.4 Å². The summed E-state index contributed by atoms with van der Waals surface area (Å²) in [7, 11) is 9.84. The lowest BCUT2D eigenvalue weighted by Gasteiger charge is -2.46. The quantitative estimate of drug-likeness (QED) is 0.260. The summed E-state index contributed by atoms with van der Waals surface area (Å²) >= 11 is 0. The molecule has 0 radical (unpaired) electrons. The number of ether oxygens (including phenoxy) is 5. The molecule has 10 nitrogen and oxygen atoms in total. The molecule has 0 saturated heterocycles. The molecule has 1 heterocycles. The minimum absolute atomic E-state index is 0. The molecule has 0 saturated carbocycles. The van der Waals surface area contributed by atoms with Gasteiger partial charge in [-0.25, -0.2) is 4.79 Å². The number of benzene rings is 2. The van der Waals surface area contributed by atoms with E-state index in [1.54, 1.807) is 28.4 Å². The highest BCUT2D eigenvalue weighted by molar-refractivity contribution is 5.96. The first kappa shape index (κ1) is 36.6. The average molecular weight is 635 g/mol. The SMILES string of the molecule is COc1cc2c(cc1OC)[C@@H](Cc1cc(OC)c(OC)c(OC)c1)[N@@+](C)(CCCC(C(=O)[O-])=C(F)C(=O)O)CC2.Cl.Cl. The van der Waals surface area contributed by atoms with Crippen molar-refractivity contribution in [3.05, 3.63) is 52.4 Å². The van der Waals surface area contributed by atoms with Crippen LogP contribution in [0.4, 0.5) is 4.39 Å². The summed E-state index contributed by atoms with van der Waals surface area (Å²) < 4.78 is 42.2. The van der Waals surface area contributed by atoms with Crippen molar-refractivity contribution in [2.45, 2.75) is 31.7 Å². The van der Waals surface area contributed by atoms with Crippen LogP contribution in [0.3, 0.4) is 0 Å². The van der Waals surface area contributed by atoms with E-state index in [1.807, 2.05) is 24.3 Å². The molecule has 0 spiro atoms. The largest absolute Gasteiger partial charge is 0.545 e. The van der Waals surface area contributed by atoms with E-state index < -0.39 is 23.3 Å². The standard InChI is InChI=1S/C29H36FNO9.2ClH/c1-31(10-7-8-19(28(32)33)26(30)29(34)35)11-9-18-15-22(36-2)23(37-3)16-20(18)21(31)12-17-13-24(38-4)27(40-6)25(14-17)39-5;;/h13-16,21H,7-12H2,1-6H3,(H-,32,33,34,35);2*1H/t21-,31+;;/m1../s1. The van der Waals surface area contributed by atoms with E-state index >= 15 is 0 Å². The topological polar surface area (TPSA) is 124 Å². The van der Waals surface area contributed by atoms with Crippen molar-refractivity contribution < 1.29 is 52.4 Å². The number of halogens is 3. The number of hydrogen-bond donors (Lipinski definition) is 1. The number of carbonyl (C=O) groups excluding carboxylic acids is 1. The van der Waals surface area contributed by atoms with Crippen LogP contribution in [0.15, 0.2) is 35.7 Å². The van der Waals surface area contributed by atoms with E-state index in [9.17, 15) is 19.1 Å². The molecule has 0 bridgehead atoms. The molecule has 0 aliphatic carbocycles. The second kappa shape index (κ2) is 15.7. The number of hydrogen-bond acceptors (Lipinski definition) is 8. The van der Waals surface area contributed by atoms with Crippen LogP contribution in [0, 0.1) is 0 Å². The third-order valence-corrected chi connectivity index (χ3v) is 7.60. The summed E-state index contributed by atoms with van der Waals surface area (Å²) in [4.78, 5) is 22.5. The van der Waals surface area contributed by atoms with E-state index in [4.69, 9.17) is 28.8 Å². The van der Waals surface area contributed by atoms with Crippen molar-refractivity contribution in [3.63, 3.8) is 0 Å². The first-order chi connectivity index (χ1) is 19.0. The molecule has 2 aromatic carbocycles. The number of carbonyl (C=O) groups is 2. The smallest absolute Gasteiger partial charge is 0.365 e. The second-order valence-electron chi connectivity index (χ2n) is 9.82. The Bertz CT molecular complexity index is 1280. The highest BCUT2D eigenvalue weighted by atomic mass is 35.5. The first-order valence-corrected chi connectivity index (χ1v) is 12.7. The fraction of sp³-hybridized carbons (Fsp3) is 0.448. The zero-order valence-electron chi connectivity index (χ0n) is 24.5. The Balaban J connectivity index is 0.00000441. The van der Waals surface area contributed by atoms with Crippen LogP contribution in [0.25, 0.3) is 0 Å². The van der Waals surface area contributed by atoms with Crippen molar-refractivity contribution in [1.82, 2.24) is 0 Å². The molecule has 2 aromatic rings. The van der Waals surface area contributed by atoms with Gasteiger partial charge in [-0.3, -0.25) is 0 Å². The van der Waals surface area contributed by atoms with E-state index in [0.717, 1.165) is 16.7 Å². The summed E-state index contributed by atoms with van der Waals surface area (Å²) in [5.41, 5.74) is 2.20. The number of carboxylic acid groups (broad SMARTS) is 2. The molecule has 13 heteroatoms. The Hall–Kier alpha value is -3.41. The molecule has 0 fully saturated rings. The van der Waals surface area contributed by atoms with Crippen molar-refractivity contribution >= 4 is 36.8 Å². The van der Waals surface area contributed by atoms with E-state index in [1.165, 1.54) is 7.11 Å². The van der Waals surface area contributed by atoms with E-state index in [0.29, 0.717) is 59.2 Å². The molecule has 0 aromatic heterocycles. The number of methoxy groups -OCH3 is 5. The third kappa shape index (κ3) is 7.70. The lowest BCUT2D eigenvalue weighted by atomic mass is 9.85. The number of nitrogens with zero attached hydrogens (tertiary/aromatic N) is 1. The fourth-order valence-electron chi connectivity index (χ4n) is 5.45. The molecule has 1 N–H and O–H groups in total. The fourth-order valence-corrected chi connectivity index (χ4v) is 5.45. The Morgan fingerprint density at radius 1 is 0.929 bits per heavy atom. The average Bonchev–Trinajstić information content (AvgIpc) is 2.94.